The molecule has 0 saturated heterocycles. The first kappa shape index (κ1) is 13.7. The molecule has 1 aromatic carbocycles. The van der Waals surface area contributed by atoms with Crippen LogP contribution < -0.4 is 0 Å². The van der Waals surface area contributed by atoms with Crippen molar-refractivity contribution in [1.82, 2.24) is 4.90 Å². The largest absolute Gasteiger partial charge is 0.395 e. The molecule has 0 amide bonds. The summed E-state index contributed by atoms with van der Waals surface area (Å²) in [6, 6.07) is 2.56. The fraction of sp³-hybridized carbons (Fsp3) is 0.417. The first-order valence-electron chi connectivity index (χ1n) is 5.25. The van der Waals surface area contributed by atoms with Crippen LogP contribution in [0.1, 0.15) is 17.3 Å². The van der Waals surface area contributed by atoms with Gasteiger partial charge >= 0.3 is 0 Å². The summed E-state index contributed by atoms with van der Waals surface area (Å²) in [6.07, 6.45) is 0. The molecule has 0 fully saturated rings. The quantitative estimate of drug-likeness (QED) is 0.796. The van der Waals surface area contributed by atoms with Gasteiger partial charge in [0.1, 0.15) is 11.6 Å². The van der Waals surface area contributed by atoms with E-state index >= 15 is 0 Å². The van der Waals surface area contributed by atoms with Crippen LogP contribution in [0.25, 0.3) is 0 Å². The number of Topliss-reactive ketones (excluding diaryl/α,β-unsaturated/α-hetero) is 1. The molecule has 0 aliphatic rings. The van der Waals surface area contributed by atoms with Crippen LogP contribution in [0.15, 0.2) is 18.2 Å². The molecule has 0 saturated carbocycles. The van der Waals surface area contributed by atoms with Crippen molar-refractivity contribution < 1.29 is 18.7 Å². The lowest BCUT2D eigenvalue weighted by Gasteiger charge is -2.21. The van der Waals surface area contributed by atoms with E-state index in [2.05, 4.69) is 0 Å². The molecule has 0 heterocycles. The number of nitrogens with zero attached hydrogens (tertiary/aromatic N) is 1. The summed E-state index contributed by atoms with van der Waals surface area (Å²) >= 11 is 0. The molecule has 17 heavy (non-hydrogen) atoms. The number of aliphatic hydroxyl groups excluding tert-OH is 1. The van der Waals surface area contributed by atoms with E-state index in [0.29, 0.717) is 0 Å². The number of hydrogen-bond donors (Lipinski definition) is 1. The van der Waals surface area contributed by atoms with Crippen molar-refractivity contribution >= 4 is 5.78 Å². The van der Waals surface area contributed by atoms with Gasteiger partial charge in [0.25, 0.3) is 0 Å². The fourth-order valence-corrected chi connectivity index (χ4v) is 1.32. The maximum absolute atomic E-state index is 13.3. The van der Waals surface area contributed by atoms with E-state index in [1.54, 1.807) is 18.9 Å². The Morgan fingerprint density at radius 2 is 2.12 bits per heavy atom. The predicted molar refractivity (Wildman–Crippen MR) is 59.9 cm³/mol. The van der Waals surface area contributed by atoms with Crippen molar-refractivity contribution in [3.63, 3.8) is 0 Å². The van der Waals surface area contributed by atoms with Crippen LogP contribution >= 0.6 is 0 Å². The van der Waals surface area contributed by atoms with Crippen molar-refractivity contribution in [3.8, 4) is 0 Å². The summed E-state index contributed by atoms with van der Waals surface area (Å²) in [5.74, 6) is -1.89. The highest BCUT2D eigenvalue weighted by atomic mass is 19.1. The standard InChI is InChI=1S/C12H15F2NO2/c1-8(7-16)15(2)6-12(17)10-5-9(13)3-4-11(10)14/h3-5,8,16H,6-7H2,1-2H3. The number of ketones is 1. The van der Waals surface area contributed by atoms with Gasteiger partial charge in [0, 0.05) is 6.04 Å². The van der Waals surface area contributed by atoms with E-state index < -0.39 is 17.4 Å². The van der Waals surface area contributed by atoms with Crippen LogP contribution in [0.5, 0.6) is 0 Å². The Balaban J connectivity index is 2.79. The third kappa shape index (κ3) is 3.57. The number of likely N-dealkylation sites (N-methyl/N-ethyl adjacent to an activating group) is 1. The van der Waals surface area contributed by atoms with Gasteiger partial charge in [-0.05, 0) is 32.2 Å². The van der Waals surface area contributed by atoms with Crippen LogP contribution in [-0.2, 0) is 0 Å². The second-order valence-electron chi connectivity index (χ2n) is 3.99. The Labute approximate surface area is 98.7 Å². The van der Waals surface area contributed by atoms with Crippen molar-refractivity contribution in [2.45, 2.75) is 13.0 Å². The fourth-order valence-electron chi connectivity index (χ4n) is 1.32. The van der Waals surface area contributed by atoms with Gasteiger partial charge in [0.2, 0.25) is 0 Å². The molecule has 0 aliphatic heterocycles. The van der Waals surface area contributed by atoms with Gasteiger partial charge in [0.15, 0.2) is 5.78 Å². The molecule has 94 valence electrons. The minimum Gasteiger partial charge on any atom is -0.395 e. The molecule has 0 aliphatic carbocycles. The van der Waals surface area contributed by atoms with Gasteiger partial charge in [-0.1, -0.05) is 0 Å². The van der Waals surface area contributed by atoms with Crippen LogP contribution in [0.2, 0.25) is 0 Å². The predicted octanol–water partition coefficient (Wildman–Crippen LogP) is 1.46. The van der Waals surface area contributed by atoms with E-state index in [0.717, 1.165) is 18.2 Å². The van der Waals surface area contributed by atoms with Gasteiger partial charge < -0.3 is 5.11 Å². The highest BCUT2D eigenvalue weighted by Crippen LogP contribution is 2.11. The normalized spacial score (nSPS) is 12.8. The van der Waals surface area contributed by atoms with Crippen LogP contribution in [0.3, 0.4) is 0 Å². The summed E-state index contributed by atoms with van der Waals surface area (Å²) in [5, 5.41) is 8.90. The molecule has 1 rings (SSSR count). The van der Waals surface area contributed by atoms with E-state index in [9.17, 15) is 13.6 Å². The van der Waals surface area contributed by atoms with Crippen LogP contribution in [-0.4, -0.2) is 42.0 Å². The van der Waals surface area contributed by atoms with Gasteiger partial charge in [-0.3, -0.25) is 9.69 Å². The van der Waals surface area contributed by atoms with E-state index in [-0.39, 0.29) is 24.8 Å². The SMILES string of the molecule is CC(CO)N(C)CC(=O)c1cc(F)ccc1F. The first-order chi connectivity index (χ1) is 7.95. The van der Waals surface area contributed by atoms with Gasteiger partial charge in [0.05, 0.1) is 18.7 Å². The summed E-state index contributed by atoms with van der Waals surface area (Å²) < 4.78 is 26.2. The Kier molecular flexibility index (Phi) is 4.72. The topological polar surface area (TPSA) is 40.5 Å². The summed E-state index contributed by atoms with van der Waals surface area (Å²) in [4.78, 5) is 13.3. The van der Waals surface area contributed by atoms with Gasteiger partial charge in [-0.15, -0.1) is 0 Å². The molecule has 1 aromatic rings. The number of aliphatic hydroxyl groups is 1. The molecule has 1 N–H and O–H groups in total. The molecule has 1 atom stereocenters. The average Bonchev–Trinajstić information content (AvgIpc) is 2.30. The minimum atomic E-state index is -0.735. The van der Waals surface area contributed by atoms with Crippen molar-refractivity contribution in [1.29, 1.82) is 0 Å². The van der Waals surface area contributed by atoms with E-state index in [4.69, 9.17) is 5.11 Å². The van der Waals surface area contributed by atoms with E-state index in [1.165, 1.54) is 0 Å². The third-order valence-corrected chi connectivity index (χ3v) is 2.64. The second kappa shape index (κ2) is 5.84. The van der Waals surface area contributed by atoms with E-state index in [1.807, 2.05) is 0 Å². The van der Waals surface area contributed by atoms with Gasteiger partial charge in [-0.2, -0.15) is 0 Å². The monoisotopic (exact) mass is 243 g/mol. The first-order valence-corrected chi connectivity index (χ1v) is 5.25. The van der Waals surface area contributed by atoms with Crippen molar-refractivity contribution in [3.05, 3.63) is 35.4 Å². The highest BCUT2D eigenvalue weighted by Gasteiger charge is 2.17. The zero-order valence-electron chi connectivity index (χ0n) is 9.78. The van der Waals surface area contributed by atoms with Crippen molar-refractivity contribution in [2.24, 2.45) is 0 Å². The molecule has 1 unspecified atom stereocenters. The molecular weight excluding hydrogens is 228 g/mol. The zero-order chi connectivity index (χ0) is 13.0. The maximum atomic E-state index is 13.3. The molecule has 0 aromatic heterocycles. The molecule has 0 bridgehead atoms. The Morgan fingerprint density at radius 1 is 1.47 bits per heavy atom. The molecule has 0 spiro atoms. The number of halogens is 2. The third-order valence-electron chi connectivity index (χ3n) is 2.64. The summed E-state index contributed by atoms with van der Waals surface area (Å²) in [7, 11) is 1.63. The lowest BCUT2D eigenvalue weighted by Crippen LogP contribution is -2.36. The van der Waals surface area contributed by atoms with Crippen molar-refractivity contribution in [2.75, 3.05) is 20.2 Å². The Morgan fingerprint density at radius 3 is 2.71 bits per heavy atom. The Bertz CT molecular complexity index is 409. The summed E-state index contributed by atoms with van der Waals surface area (Å²) in [5.41, 5.74) is -0.262. The molecule has 3 nitrogen and oxygen atoms in total. The number of hydrogen-bond acceptors (Lipinski definition) is 3. The van der Waals surface area contributed by atoms with Crippen LogP contribution in [0.4, 0.5) is 8.78 Å². The number of rotatable bonds is 5. The smallest absolute Gasteiger partial charge is 0.179 e. The van der Waals surface area contributed by atoms with Gasteiger partial charge in [-0.25, -0.2) is 8.78 Å². The minimum absolute atomic E-state index is 0.0674. The lowest BCUT2D eigenvalue weighted by atomic mass is 10.1. The lowest BCUT2D eigenvalue weighted by molar-refractivity contribution is 0.0886. The number of carbonyl (C=O) groups excluding carboxylic acids is 1. The highest BCUT2D eigenvalue weighted by molar-refractivity contribution is 5.97. The molecular formula is C12H15F2NO2. The zero-order valence-corrected chi connectivity index (χ0v) is 9.78. The second-order valence-corrected chi connectivity index (χ2v) is 3.99. The molecule has 5 heteroatoms. The Hall–Kier alpha value is -1.33. The number of carbonyl (C=O) groups is 1. The van der Waals surface area contributed by atoms with Crippen LogP contribution in [0, 0.1) is 11.6 Å². The average molecular weight is 243 g/mol. The number of benzene rings is 1. The summed E-state index contributed by atoms with van der Waals surface area (Å²) in [6.45, 7) is 1.56. The maximum Gasteiger partial charge on any atom is 0.179 e. The molecule has 0 radical (unpaired) electrons.